The van der Waals surface area contributed by atoms with Gasteiger partial charge < -0.3 is 10.2 Å². The molecule has 0 atom stereocenters. The molecular weight excluding hydrogens is 186 g/mol. The summed E-state index contributed by atoms with van der Waals surface area (Å²) in [6.07, 6.45) is 6.78. The second-order valence-electron chi connectivity index (χ2n) is 3.66. The summed E-state index contributed by atoms with van der Waals surface area (Å²) in [4.78, 5) is 0. The number of para-hydroxylation sites is 1. The molecule has 1 aliphatic carbocycles. The molecule has 0 saturated heterocycles. The van der Waals surface area contributed by atoms with E-state index in [0.717, 1.165) is 33.7 Å². The predicted octanol–water partition coefficient (Wildman–Crippen LogP) is 1.24. The Bertz CT molecular complexity index is 661. The zero-order valence-electron chi connectivity index (χ0n) is 8.23. The lowest BCUT2D eigenvalue weighted by atomic mass is 10.2. The summed E-state index contributed by atoms with van der Waals surface area (Å²) in [5, 5.41) is 2.15. The Balaban J connectivity index is 2.62. The van der Waals surface area contributed by atoms with Gasteiger partial charge in [0.25, 0.3) is 0 Å². The predicted molar refractivity (Wildman–Crippen MR) is 61.3 cm³/mol. The van der Waals surface area contributed by atoms with E-state index in [2.05, 4.69) is 0 Å². The van der Waals surface area contributed by atoms with Gasteiger partial charge in [0.05, 0.1) is 0 Å². The topological polar surface area (TPSA) is 39.2 Å². The van der Waals surface area contributed by atoms with Gasteiger partial charge in [-0.2, -0.15) is 0 Å². The Kier molecular flexibility index (Phi) is 1.68. The Labute approximate surface area is 87.0 Å². The molecule has 15 heavy (non-hydrogen) atoms. The van der Waals surface area contributed by atoms with Gasteiger partial charge in [0.1, 0.15) is 11.0 Å². The molecule has 2 nitrogen and oxygen atoms in total. The largest absolute Gasteiger partial charge is 0.456 e. The third kappa shape index (κ3) is 1.18. The molecule has 2 aromatic rings. The summed E-state index contributed by atoms with van der Waals surface area (Å²) in [6, 6.07) is 7.99. The van der Waals surface area contributed by atoms with E-state index >= 15 is 0 Å². The van der Waals surface area contributed by atoms with Crippen LogP contribution < -0.4 is 16.4 Å². The van der Waals surface area contributed by atoms with Crippen molar-refractivity contribution >= 4 is 22.7 Å². The van der Waals surface area contributed by atoms with Crippen LogP contribution in [0, 0.1) is 0 Å². The van der Waals surface area contributed by atoms with Gasteiger partial charge in [0.15, 0.2) is 0 Å². The molecule has 74 valence electrons. The second kappa shape index (κ2) is 3.02. The highest BCUT2D eigenvalue weighted by molar-refractivity contribution is 5.80. The molecule has 0 spiro atoms. The molecule has 2 heteroatoms. The lowest BCUT2D eigenvalue weighted by Crippen LogP contribution is -2.25. The van der Waals surface area contributed by atoms with E-state index in [1.165, 1.54) is 0 Å². The first-order valence-electron chi connectivity index (χ1n) is 4.99. The summed E-state index contributed by atoms with van der Waals surface area (Å²) in [5.74, 6) is 0. The quantitative estimate of drug-likeness (QED) is 0.690. The van der Waals surface area contributed by atoms with Crippen molar-refractivity contribution in [2.75, 3.05) is 0 Å². The maximum Gasteiger partial charge on any atom is 0.137 e. The number of fused-ring (bicyclic) bond motifs is 3. The van der Waals surface area contributed by atoms with Crippen molar-refractivity contribution in [3.63, 3.8) is 0 Å². The average Bonchev–Trinajstić information content (AvgIpc) is 2.53. The molecule has 0 bridgehead atoms. The molecule has 0 aliphatic heterocycles. The van der Waals surface area contributed by atoms with Crippen LogP contribution in [-0.4, -0.2) is 0 Å². The van der Waals surface area contributed by atoms with Crippen molar-refractivity contribution in [1.29, 1.82) is 0 Å². The minimum atomic E-state index is 0.785. The van der Waals surface area contributed by atoms with Crippen LogP contribution in [0.25, 0.3) is 22.7 Å². The first-order valence-corrected chi connectivity index (χ1v) is 4.99. The fraction of sp³-hybridized carbons (Fsp3) is 0.0769. The van der Waals surface area contributed by atoms with E-state index in [1.807, 2.05) is 42.5 Å². The number of nitrogens with two attached hydrogens (primary N) is 1. The Morgan fingerprint density at radius 1 is 1.20 bits per heavy atom. The Hall–Kier alpha value is -1.96. The van der Waals surface area contributed by atoms with Gasteiger partial charge in [-0.1, -0.05) is 30.4 Å². The van der Waals surface area contributed by atoms with Crippen LogP contribution >= 0.6 is 0 Å². The van der Waals surface area contributed by atoms with Crippen molar-refractivity contribution in [2.24, 2.45) is 5.73 Å². The van der Waals surface area contributed by atoms with Gasteiger partial charge in [-0.25, -0.2) is 0 Å². The second-order valence-corrected chi connectivity index (χ2v) is 3.66. The number of benzene rings is 1. The lowest BCUT2D eigenvalue weighted by Gasteiger charge is -1.92. The monoisotopic (exact) mass is 197 g/mol. The van der Waals surface area contributed by atoms with Crippen LogP contribution in [-0.2, 0) is 0 Å². The third-order valence-electron chi connectivity index (χ3n) is 2.67. The van der Waals surface area contributed by atoms with Gasteiger partial charge >= 0.3 is 0 Å². The smallest absolute Gasteiger partial charge is 0.137 e. The maximum atomic E-state index is 6.04. The van der Waals surface area contributed by atoms with E-state index in [1.54, 1.807) is 0 Å². The zero-order valence-corrected chi connectivity index (χ0v) is 8.23. The minimum absolute atomic E-state index is 0.785. The zero-order chi connectivity index (χ0) is 10.3. The summed E-state index contributed by atoms with van der Waals surface area (Å²) in [7, 11) is 0. The number of furan rings is 1. The van der Waals surface area contributed by atoms with Gasteiger partial charge in [-0.15, -0.1) is 0 Å². The lowest BCUT2D eigenvalue weighted by molar-refractivity contribution is 0.575. The summed E-state index contributed by atoms with van der Waals surface area (Å²) in [5.41, 5.74) is 8.68. The fourth-order valence-electron chi connectivity index (χ4n) is 1.97. The number of rotatable bonds is 0. The van der Waals surface area contributed by atoms with Gasteiger partial charge in [-0.05, 0) is 12.1 Å². The highest BCUT2D eigenvalue weighted by Crippen LogP contribution is 2.09. The van der Waals surface area contributed by atoms with E-state index in [4.69, 9.17) is 10.2 Å². The van der Waals surface area contributed by atoms with Crippen LogP contribution in [0.15, 0.2) is 40.8 Å². The molecule has 0 unspecified atom stereocenters. The molecule has 1 aromatic heterocycles. The van der Waals surface area contributed by atoms with E-state index in [0.29, 0.717) is 0 Å². The average molecular weight is 197 g/mol. The molecule has 0 saturated carbocycles. The van der Waals surface area contributed by atoms with Crippen LogP contribution in [0.5, 0.6) is 0 Å². The first kappa shape index (κ1) is 8.36. The van der Waals surface area contributed by atoms with Gasteiger partial charge in [-0.3, -0.25) is 0 Å². The van der Waals surface area contributed by atoms with Gasteiger partial charge in [0, 0.05) is 22.7 Å². The molecule has 1 aliphatic rings. The molecule has 1 heterocycles. The minimum Gasteiger partial charge on any atom is -0.456 e. The Morgan fingerprint density at radius 3 is 3.00 bits per heavy atom. The highest BCUT2D eigenvalue weighted by atomic mass is 16.3. The Morgan fingerprint density at radius 2 is 2.07 bits per heavy atom. The van der Waals surface area contributed by atoms with Crippen molar-refractivity contribution in [3.05, 3.63) is 47.1 Å². The molecule has 0 radical (unpaired) electrons. The van der Waals surface area contributed by atoms with Crippen LogP contribution in [0.1, 0.15) is 6.42 Å². The van der Waals surface area contributed by atoms with Crippen molar-refractivity contribution < 1.29 is 4.42 Å². The van der Waals surface area contributed by atoms with Crippen LogP contribution in [0.2, 0.25) is 0 Å². The molecular formula is C13H11NO. The van der Waals surface area contributed by atoms with Crippen molar-refractivity contribution in [1.82, 2.24) is 0 Å². The van der Waals surface area contributed by atoms with Crippen LogP contribution in [0.4, 0.5) is 0 Å². The summed E-state index contributed by atoms with van der Waals surface area (Å²) >= 11 is 0. The molecule has 1 aromatic carbocycles. The maximum absolute atomic E-state index is 6.04. The summed E-state index contributed by atoms with van der Waals surface area (Å²) in [6.45, 7) is 0. The standard InChI is InChI=1S/C13H11NO/c14-10-6-2-4-8-12-13(10)9-5-1-3-7-11(9)15-12/h1-5,7-8H,6,14H2. The van der Waals surface area contributed by atoms with Crippen LogP contribution in [0.3, 0.4) is 0 Å². The third-order valence-corrected chi connectivity index (χ3v) is 2.67. The number of hydrogen-bond donors (Lipinski definition) is 1. The number of hydrogen-bond acceptors (Lipinski definition) is 2. The van der Waals surface area contributed by atoms with E-state index in [-0.39, 0.29) is 0 Å². The SMILES string of the molecule is NC1=c2c(oc3ccccc23)=CC=CC1. The van der Waals surface area contributed by atoms with Crippen molar-refractivity contribution in [2.45, 2.75) is 6.42 Å². The first-order chi connectivity index (χ1) is 7.36. The fourth-order valence-corrected chi connectivity index (χ4v) is 1.97. The molecule has 0 fully saturated rings. The summed E-state index contributed by atoms with van der Waals surface area (Å²) < 4.78 is 5.73. The molecule has 0 amide bonds. The number of allylic oxidation sites excluding steroid dienone is 1. The van der Waals surface area contributed by atoms with Crippen molar-refractivity contribution in [3.8, 4) is 0 Å². The molecule has 2 N–H and O–H groups in total. The van der Waals surface area contributed by atoms with E-state index in [9.17, 15) is 0 Å². The highest BCUT2D eigenvalue weighted by Gasteiger charge is 2.05. The normalized spacial score (nSPS) is 14.8. The molecule has 3 rings (SSSR count). The van der Waals surface area contributed by atoms with E-state index < -0.39 is 0 Å². The van der Waals surface area contributed by atoms with Gasteiger partial charge in [0.2, 0.25) is 0 Å².